The van der Waals surface area contributed by atoms with Gasteiger partial charge in [-0.3, -0.25) is 0 Å². The molecule has 0 aliphatic heterocycles. The summed E-state index contributed by atoms with van der Waals surface area (Å²) < 4.78 is 0. The van der Waals surface area contributed by atoms with Crippen LogP contribution in [0.15, 0.2) is 163 Å². The van der Waals surface area contributed by atoms with Crippen molar-refractivity contribution in [3.63, 3.8) is 0 Å². The monoisotopic (exact) mass is 687 g/mol. The minimum absolute atomic E-state index is 0.132. The van der Waals surface area contributed by atoms with Crippen molar-refractivity contribution in [2.45, 2.75) is 30.7 Å². The fourth-order valence-corrected chi connectivity index (χ4v) is 8.60. The van der Waals surface area contributed by atoms with E-state index in [0.717, 1.165) is 42.0 Å². The van der Waals surface area contributed by atoms with Crippen molar-refractivity contribution in [2.75, 3.05) is 11.9 Å². The predicted octanol–water partition coefficient (Wildman–Crippen LogP) is 7.34. The number of hydrogen-bond acceptors (Lipinski definition) is 3. The van der Waals surface area contributed by atoms with E-state index in [2.05, 4.69) is 193 Å². The zero-order chi connectivity index (χ0) is 35.6. The van der Waals surface area contributed by atoms with Crippen LogP contribution in [-0.2, 0) is 0 Å². The van der Waals surface area contributed by atoms with Crippen molar-refractivity contribution in [3.05, 3.63) is 207 Å². The van der Waals surface area contributed by atoms with Gasteiger partial charge in [-0.05, 0) is 91.6 Å². The van der Waals surface area contributed by atoms with E-state index in [0.29, 0.717) is 5.92 Å². The topological polar surface area (TPSA) is 50.1 Å². The molecule has 0 heterocycles. The third-order valence-corrected chi connectivity index (χ3v) is 11.4. The molecular weight excluding hydrogens is 643 g/mol. The van der Waals surface area contributed by atoms with E-state index in [1.54, 1.807) is 0 Å². The fraction of sp³-hybridized carbons (Fsp3) is 0.160. The Bertz CT molecular complexity index is 2540. The van der Waals surface area contributed by atoms with Gasteiger partial charge in [-0.2, -0.15) is 0 Å². The first kappa shape index (κ1) is 33.0. The molecule has 0 radical (unpaired) electrons. The van der Waals surface area contributed by atoms with Crippen LogP contribution >= 0.6 is 0 Å². The number of benzene rings is 5. The Balaban J connectivity index is 0.940. The molecule has 3 heteroatoms. The molecule has 9 rings (SSSR count). The summed E-state index contributed by atoms with van der Waals surface area (Å²) in [5.41, 5.74) is 16.9. The van der Waals surface area contributed by atoms with Gasteiger partial charge in [0.1, 0.15) is 0 Å². The SMILES string of the molecule is NC(/C=C(\NCC1C=c2ccccc2=CC1)c1ccccc1)C1C=CC(Nc2ccccc2C2C=c3ccccc3=C3C=Cc4ccccc4C32)=CC1. The molecule has 5 aromatic rings. The number of rotatable bonds is 9. The van der Waals surface area contributed by atoms with E-state index in [9.17, 15) is 0 Å². The molecule has 0 spiro atoms. The Labute approximate surface area is 312 Å². The maximum atomic E-state index is 6.98. The normalized spacial score (nSPS) is 21.6. The summed E-state index contributed by atoms with van der Waals surface area (Å²) in [6.07, 6.45) is 22.8. The van der Waals surface area contributed by atoms with E-state index in [-0.39, 0.29) is 23.8 Å². The van der Waals surface area contributed by atoms with Gasteiger partial charge in [0.2, 0.25) is 0 Å². The molecule has 0 bridgehead atoms. The Morgan fingerprint density at radius 2 is 1.42 bits per heavy atom. The molecule has 4 N–H and O–H groups in total. The van der Waals surface area contributed by atoms with Crippen molar-refractivity contribution in [1.82, 2.24) is 5.32 Å². The molecule has 0 fully saturated rings. The summed E-state index contributed by atoms with van der Waals surface area (Å²) in [4.78, 5) is 0. The van der Waals surface area contributed by atoms with Crippen LogP contribution in [0.5, 0.6) is 0 Å². The Hall–Kier alpha value is -5.90. The lowest BCUT2D eigenvalue weighted by Gasteiger charge is -2.34. The Morgan fingerprint density at radius 1 is 0.679 bits per heavy atom. The van der Waals surface area contributed by atoms with Crippen LogP contribution in [0.3, 0.4) is 0 Å². The van der Waals surface area contributed by atoms with Crippen LogP contribution < -0.4 is 37.2 Å². The van der Waals surface area contributed by atoms with Gasteiger partial charge in [-0.1, -0.05) is 164 Å². The second kappa shape index (κ2) is 14.6. The van der Waals surface area contributed by atoms with E-state index in [4.69, 9.17) is 5.73 Å². The number of hydrogen-bond donors (Lipinski definition) is 3. The number of fused-ring (bicyclic) bond motifs is 5. The first-order valence-electron chi connectivity index (χ1n) is 19.0. The third-order valence-electron chi connectivity index (χ3n) is 11.4. The zero-order valence-electron chi connectivity index (χ0n) is 29.9. The fourth-order valence-electron chi connectivity index (χ4n) is 8.60. The van der Waals surface area contributed by atoms with Gasteiger partial charge in [0.05, 0.1) is 0 Å². The van der Waals surface area contributed by atoms with Gasteiger partial charge in [0, 0.05) is 41.5 Å². The molecule has 0 aromatic heterocycles. The molecular formula is C50H45N3. The van der Waals surface area contributed by atoms with Gasteiger partial charge in [-0.25, -0.2) is 0 Å². The molecule has 5 unspecified atom stereocenters. The van der Waals surface area contributed by atoms with Crippen molar-refractivity contribution in [2.24, 2.45) is 17.6 Å². The highest BCUT2D eigenvalue weighted by atomic mass is 14.9. The van der Waals surface area contributed by atoms with Crippen molar-refractivity contribution < 1.29 is 0 Å². The van der Waals surface area contributed by atoms with Gasteiger partial charge < -0.3 is 16.4 Å². The molecule has 5 atom stereocenters. The molecule has 0 saturated heterocycles. The Kier molecular flexibility index (Phi) is 9.09. The average molecular weight is 688 g/mol. The molecule has 3 nitrogen and oxygen atoms in total. The number of allylic oxidation sites excluding steroid dienone is 3. The lowest BCUT2D eigenvalue weighted by molar-refractivity contribution is 0.575. The van der Waals surface area contributed by atoms with Gasteiger partial charge in [0.25, 0.3) is 0 Å². The van der Waals surface area contributed by atoms with Crippen LogP contribution in [0.25, 0.3) is 35.6 Å². The third kappa shape index (κ3) is 6.77. The average Bonchev–Trinajstić information content (AvgIpc) is 3.22. The molecule has 0 saturated carbocycles. The predicted molar refractivity (Wildman–Crippen MR) is 223 cm³/mol. The zero-order valence-corrected chi connectivity index (χ0v) is 29.9. The lowest BCUT2D eigenvalue weighted by Crippen LogP contribution is -2.35. The maximum Gasteiger partial charge on any atom is 0.0423 e. The highest BCUT2D eigenvalue weighted by Crippen LogP contribution is 2.47. The quantitative estimate of drug-likeness (QED) is 0.152. The van der Waals surface area contributed by atoms with Crippen LogP contribution in [0.4, 0.5) is 5.69 Å². The van der Waals surface area contributed by atoms with E-state index < -0.39 is 0 Å². The Morgan fingerprint density at radius 3 is 2.26 bits per heavy atom. The van der Waals surface area contributed by atoms with E-state index in [1.165, 1.54) is 43.1 Å². The van der Waals surface area contributed by atoms with Crippen LogP contribution in [0.2, 0.25) is 0 Å². The summed E-state index contributed by atoms with van der Waals surface area (Å²) in [6, 6.07) is 45.6. The number of para-hydroxylation sites is 1. The standard InChI is InChI=1S/C50H45N3/c51-47(32-49(38-14-2-1-3-15-38)52-33-34-22-23-35-12-4-5-16-39(35)30-34)37-24-27-41(28-25-37)53-48-21-11-10-20-44(48)46-31-40-17-7-8-18-42(40)45-29-26-36-13-6-9-19-43(36)50(45)46/h1-21,23-24,26-32,34,37,46-47,50,52-53H,22,25,33,51H2/b49-32-. The molecule has 0 amide bonds. The second-order valence-corrected chi connectivity index (χ2v) is 14.7. The van der Waals surface area contributed by atoms with E-state index in [1.807, 2.05) is 0 Å². The number of anilines is 1. The molecule has 4 aliphatic rings. The lowest BCUT2D eigenvalue weighted by atomic mass is 9.69. The highest BCUT2D eigenvalue weighted by Gasteiger charge is 2.33. The van der Waals surface area contributed by atoms with Gasteiger partial charge >= 0.3 is 0 Å². The minimum atomic E-state index is -0.132. The summed E-state index contributed by atoms with van der Waals surface area (Å²) in [7, 11) is 0. The number of nitrogens with one attached hydrogen (secondary N) is 2. The number of nitrogens with two attached hydrogens (primary N) is 1. The maximum absolute atomic E-state index is 6.98. The van der Waals surface area contributed by atoms with E-state index >= 15 is 0 Å². The van der Waals surface area contributed by atoms with Crippen LogP contribution in [-0.4, -0.2) is 12.6 Å². The van der Waals surface area contributed by atoms with Crippen LogP contribution in [0, 0.1) is 11.8 Å². The van der Waals surface area contributed by atoms with Gasteiger partial charge in [0.15, 0.2) is 0 Å². The smallest absolute Gasteiger partial charge is 0.0423 e. The molecule has 260 valence electrons. The molecule has 5 aromatic carbocycles. The second-order valence-electron chi connectivity index (χ2n) is 14.7. The first-order valence-corrected chi connectivity index (χ1v) is 19.0. The molecule has 4 aliphatic carbocycles. The van der Waals surface area contributed by atoms with Crippen molar-refractivity contribution in [3.8, 4) is 0 Å². The summed E-state index contributed by atoms with van der Waals surface area (Å²) in [6.45, 7) is 0.859. The van der Waals surface area contributed by atoms with Gasteiger partial charge in [-0.15, -0.1) is 0 Å². The van der Waals surface area contributed by atoms with Crippen LogP contribution in [0.1, 0.15) is 46.9 Å². The molecule has 53 heavy (non-hydrogen) atoms. The summed E-state index contributed by atoms with van der Waals surface area (Å²) in [5.74, 6) is 1.06. The minimum Gasteiger partial charge on any atom is -0.384 e. The largest absolute Gasteiger partial charge is 0.384 e. The first-order chi connectivity index (χ1) is 26.2. The van der Waals surface area contributed by atoms with Crippen molar-refractivity contribution in [1.29, 1.82) is 0 Å². The van der Waals surface area contributed by atoms with Crippen molar-refractivity contribution >= 4 is 41.3 Å². The highest BCUT2D eigenvalue weighted by molar-refractivity contribution is 5.83. The summed E-state index contributed by atoms with van der Waals surface area (Å²) >= 11 is 0. The summed E-state index contributed by atoms with van der Waals surface area (Å²) in [5, 5.41) is 12.9.